The maximum absolute atomic E-state index is 13.8. The van der Waals surface area contributed by atoms with Crippen molar-refractivity contribution in [1.29, 1.82) is 0 Å². The minimum absolute atomic E-state index is 0.0336. The number of carbonyl (C=O) groups excluding carboxylic acids is 4. The van der Waals surface area contributed by atoms with Crippen molar-refractivity contribution in [3.05, 3.63) is 70.8 Å². The quantitative estimate of drug-likeness (QED) is 0.153. The molecule has 0 radical (unpaired) electrons. The molecule has 1 aliphatic carbocycles. The number of cyclic esters (lactones) is 1. The number of esters is 1. The van der Waals surface area contributed by atoms with Gasteiger partial charge in [0.15, 0.2) is 28.7 Å². The molecule has 0 saturated carbocycles. The molecule has 3 aromatic carbocycles. The number of hydrogen-bond acceptors (Lipinski definition) is 11. The summed E-state index contributed by atoms with van der Waals surface area (Å²) in [5, 5.41) is 2.62. The molecule has 0 unspecified atom stereocenters. The molecule has 14 heteroatoms. The minimum atomic E-state index is -2.32. The molecule has 3 amide bonds. The average molecular weight is 756 g/mol. The number of anilines is 1. The second-order valence-corrected chi connectivity index (χ2v) is 20.3. The van der Waals surface area contributed by atoms with Gasteiger partial charge in [0.05, 0.1) is 45.8 Å². The largest absolute Gasteiger partial charge is 0.539 e. The van der Waals surface area contributed by atoms with E-state index in [2.05, 4.69) is 39.2 Å². The first kappa shape index (κ1) is 37.0. The van der Waals surface area contributed by atoms with Gasteiger partial charge in [-0.2, -0.15) is 0 Å². The first-order valence-corrected chi connectivity index (χ1v) is 20.8. The van der Waals surface area contributed by atoms with Crippen molar-refractivity contribution in [1.82, 2.24) is 4.90 Å². The minimum Gasteiger partial charge on any atom is -0.539 e. The lowest BCUT2D eigenvalue weighted by Crippen LogP contribution is -2.44. The number of rotatable bonds is 9. The molecule has 13 nitrogen and oxygen atoms in total. The lowest BCUT2D eigenvalue weighted by molar-refractivity contribution is -0.142. The van der Waals surface area contributed by atoms with Gasteiger partial charge >= 0.3 is 5.97 Å². The van der Waals surface area contributed by atoms with Crippen LogP contribution in [0.4, 0.5) is 5.69 Å². The third-order valence-corrected chi connectivity index (χ3v) is 15.5. The highest BCUT2D eigenvalue weighted by Gasteiger charge is 2.53. The molecule has 0 aromatic heterocycles. The Labute approximate surface area is 315 Å². The van der Waals surface area contributed by atoms with Gasteiger partial charge in [-0.05, 0) is 76.8 Å². The van der Waals surface area contributed by atoms with E-state index in [1.165, 1.54) is 11.8 Å². The Morgan fingerprint density at radius 1 is 0.944 bits per heavy atom. The summed E-state index contributed by atoms with van der Waals surface area (Å²) in [4.78, 5) is 58.5. The number of carbonyl (C=O) groups is 4. The Hall–Kier alpha value is -5.37. The molecular weight excluding hydrogens is 711 g/mol. The summed E-state index contributed by atoms with van der Waals surface area (Å²) in [6, 6.07) is 13.7. The second kappa shape index (κ2) is 13.8. The topological polar surface area (TPSA) is 151 Å². The number of ether oxygens (including phenoxy) is 5. The molecule has 2 saturated heterocycles. The van der Waals surface area contributed by atoms with Gasteiger partial charge < -0.3 is 33.4 Å². The predicted molar refractivity (Wildman–Crippen MR) is 201 cm³/mol. The van der Waals surface area contributed by atoms with Crippen LogP contribution in [0.15, 0.2) is 53.5 Å². The smallest absolute Gasteiger partial charge is 0.310 e. The zero-order valence-electron chi connectivity index (χ0n) is 31.7. The predicted octanol–water partition coefficient (Wildman–Crippen LogP) is 6.15. The van der Waals surface area contributed by atoms with E-state index < -0.39 is 44.0 Å². The molecule has 1 N–H and O–H groups in total. The number of hydrogen-bond donors (Lipinski definition) is 1. The summed E-state index contributed by atoms with van der Waals surface area (Å²) >= 11 is 0. The van der Waals surface area contributed by atoms with Gasteiger partial charge in [-0.25, -0.2) is 0 Å². The number of nitrogens with one attached hydrogen (secondary N) is 1. The van der Waals surface area contributed by atoms with Crippen LogP contribution in [-0.2, 0) is 30.5 Å². The highest BCUT2D eigenvalue weighted by Crippen LogP contribution is 2.57. The van der Waals surface area contributed by atoms with E-state index in [1.807, 2.05) is 24.3 Å². The SMILES string of the molecule is COc1cc([C@@H]2c3cc4c(cc3[C@@H](N=C3CC(=O)N(Cc5ccc(NC(C)=O)cc5)C3=O)[C@H]3COC(=O)[C@H]23)OCO4)cc(OC)c1O[Si](C)(C)C(C)(C)C. The van der Waals surface area contributed by atoms with E-state index in [9.17, 15) is 19.2 Å². The molecule has 7 rings (SSSR count). The number of benzene rings is 3. The van der Waals surface area contributed by atoms with E-state index in [4.69, 9.17) is 33.1 Å². The van der Waals surface area contributed by atoms with Crippen molar-refractivity contribution in [2.45, 2.75) is 70.8 Å². The third-order valence-electron chi connectivity index (χ3n) is 11.2. The number of imide groups is 1. The van der Waals surface area contributed by atoms with Gasteiger partial charge in [0, 0.05) is 24.4 Å². The molecule has 284 valence electrons. The molecular formula is C40H45N3O10Si. The molecule has 4 atom stereocenters. The van der Waals surface area contributed by atoms with Gasteiger partial charge in [-0.1, -0.05) is 32.9 Å². The summed E-state index contributed by atoms with van der Waals surface area (Å²) in [7, 11) is 0.832. The molecule has 0 spiro atoms. The Bertz CT molecular complexity index is 2050. The Morgan fingerprint density at radius 2 is 1.57 bits per heavy atom. The van der Waals surface area contributed by atoms with E-state index in [0.717, 1.165) is 16.7 Å². The molecule has 4 aliphatic rings. The fourth-order valence-electron chi connectivity index (χ4n) is 7.38. The van der Waals surface area contributed by atoms with Crippen LogP contribution in [0.3, 0.4) is 0 Å². The van der Waals surface area contributed by atoms with Crippen molar-refractivity contribution < 1.29 is 47.3 Å². The van der Waals surface area contributed by atoms with E-state index >= 15 is 0 Å². The van der Waals surface area contributed by atoms with Crippen LogP contribution in [0.1, 0.15) is 68.3 Å². The van der Waals surface area contributed by atoms with Crippen LogP contribution >= 0.6 is 0 Å². The standard InChI is InChI=1S/C40H45N3O10Si/c1-21(44)41-24-11-9-22(10-12-24)18-43-33(45)17-28(38(43)46)42-36-26-16-30-29(51-20-52-30)15-25(26)34(35-27(36)19-50-39(35)47)23-13-31(48-5)37(32(14-23)49-6)53-54(7,8)40(2,3)4/h9-16,27,34-36H,17-20H2,1-8H3,(H,41,44)/t27-,34+,35-,36+/m0/s1. The summed E-state index contributed by atoms with van der Waals surface area (Å²) in [6.07, 6.45) is -0.182. The van der Waals surface area contributed by atoms with Crippen molar-refractivity contribution in [2.75, 3.05) is 32.9 Å². The number of amides is 3. The Kier molecular flexibility index (Phi) is 9.44. The van der Waals surface area contributed by atoms with Crippen LogP contribution in [0.2, 0.25) is 18.1 Å². The molecule has 3 heterocycles. The fourth-order valence-corrected chi connectivity index (χ4v) is 8.40. The highest BCUT2D eigenvalue weighted by molar-refractivity contribution is 6.74. The van der Waals surface area contributed by atoms with Crippen molar-refractivity contribution in [3.8, 4) is 28.7 Å². The Balaban J connectivity index is 1.29. The molecule has 2 fully saturated rings. The summed E-state index contributed by atoms with van der Waals surface area (Å²) < 4.78 is 36.0. The maximum Gasteiger partial charge on any atom is 0.310 e. The van der Waals surface area contributed by atoms with Crippen LogP contribution in [0.25, 0.3) is 0 Å². The first-order valence-electron chi connectivity index (χ1n) is 17.9. The van der Waals surface area contributed by atoms with Crippen LogP contribution in [-0.4, -0.2) is 70.2 Å². The van der Waals surface area contributed by atoms with E-state index in [-0.39, 0.29) is 48.9 Å². The van der Waals surface area contributed by atoms with Crippen molar-refractivity contribution in [2.24, 2.45) is 16.8 Å². The lowest BCUT2D eigenvalue weighted by Gasteiger charge is -2.39. The molecule has 3 aliphatic heterocycles. The van der Waals surface area contributed by atoms with Crippen molar-refractivity contribution in [3.63, 3.8) is 0 Å². The zero-order valence-corrected chi connectivity index (χ0v) is 32.7. The first-order chi connectivity index (χ1) is 25.6. The number of likely N-dealkylation sites (tertiary alicyclic amines) is 1. The highest BCUT2D eigenvalue weighted by atomic mass is 28.4. The average Bonchev–Trinajstić information content (AvgIpc) is 3.81. The van der Waals surface area contributed by atoms with Crippen LogP contribution in [0, 0.1) is 11.8 Å². The number of methoxy groups -OCH3 is 2. The van der Waals surface area contributed by atoms with E-state index in [0.29, 0.717) is 40.0 Å². The fraction of sp³-hybridized carbons (Fsp3) is 0.425. The summed E-state index contributed by atoms with van der Waals surface area (Å²) in [6.45, 7) is 12.3. The summed E-state index contributed by atoms with van der Waals surface area (Å²) in [5.41, 5.74) is 3.67. The monoisotopic (exact) mass is 755 g/mol. The molecule has 54 heavy (non-hydrogen) atoms. The number of nitrogens with zero attached hydrogens (tertiary/aromatic N) is 2. The van der Waals surface area contributed by atoms with E-state index in [1.54, 1.807) is 38.5 Å². The normalized spacial score (nSPS) is 22.6. The van der Waals surface area contributed by atoms with Gasteiger partial charge in [0.25, 0.3) is 14.2 Å². The number of aliphatic imine (C=N–C) groups is 1. The van der Waals surface area contributed by atoms with Gasteiger partial charge in [-0.15, -0.1) is 0 Å². The third kappa shape index (κ3) is 6.56. The van der Waals surface area contributed by atoms with Crippen molar-refractivity contribution >= 4 is 43.4 Å². The summed E-state index contributed by atoms with van der Waals surface area (Å²) in [5.74, 6) is -0.669. The van der Waals surface area contributed by atoms with Gasteiger partial charge in [0.2, 0.25) is 18.6 Å². The molecule has 3 aromatic rings. The van der Waals surface area contributed by atoms with Gasteiger partial charge in [0.1, 0.15) is 5.71 Å². The van der Waals surface area contributed by atoms with Crippen LogP contribution in [0.5, 0.6) is 28.7 Å². The molecule has 0 bridgehead atoms. The van der Waals surface area contributed by atoms with Gasteiger partial charge in [-0.3, -0.25) is 29.1 Å². The van der Waals surface area contributed by atoms with Crippen LogP contribution < -0.4 is 28.7 Å². The Morgan fingerprint density at radius 3 is 2.17 bits per heavy atom. The lowest BCUT2D eigenvalue weighted by atomic mass is 9.65. The zero-order chi connectivity index (χ0) is 38.7. The number of fused-ring (bicyclic) bond motifs is 3. The second-order valence-electron chi connectivity index (χ2n) is 15.6. The maximum atomic E-state index is 13.8.